The first-order valence-electron chi connectivity index (χ1n) is 8.63. The molecule has 2 N–H and O–H groups in total. The van der Waals surface area contributed by atoms with Crippen LogP contribution in [0, 0.1) is 24.7 Å². The first kappa shape index (κ1) is 18.3. The number of carbonyl (C=O) groups is 2. The molecule has 1 aromatic carbocycles. The molecule has 24 heavy (non-hydrogen) atoms. The maximum absolute atomic E-state index is 12.5. The van der Waals surface area contributed by atoms with Gasteiger partial charge in [0.25, 0.3) is 0 Å². The van der Waals surface area contributed by atoms with Gasteiger partial charge in [0.05, 0.1) is 0 Å². The zero-order chi connectivity index (χ0) is 17.7. The number of aryl methyl sites for hydroxylation is 1. The molecule has 1 aromatic rings. The number of rotatable bonds is 6. The van der Waals surface area contributed by atoms with Crippen molar-refractivity contribution in [3.8, 4) is 5.75 Å². The van der Waals surface area contributed by atoms with E-state index in [4.69, 9.17) is 9.84 Å². The number of carboxylic acid groups (broad SMARTS) is 1. The largest absolute Gasteiger partial charge is 0.482 e. The van der Waals surface area contributed by atoms with Crippen LogP contribution in [0.2, 0.25) is 0 Å². The minimum atomic E-state index is -1.01. The Morgan fingerprint density at radius 2 is 1.92 bits per heavy atom. The third kappa shape index (κ3) is 4.98. The van der Waals surface area contributed by atoms with E-state index >= 15 is 0 Å². The van der Waals surface area contributed by atoms with E-state index in [1.807, 2.05) is 6.92 Å². The Hall–Kier alpha value is -2.04. The van der Waals surface area contributed by atoms with Gasteiger partial charge in [-0.05, 0) is 68.2 Å². The standard InChI is InChI=1S/C19H27NO4/c1-12(2)14-4-6-15(7-5-14)19(23)20-17-9-8-16(10-13(17)3)24-11-18(21)22/h8-10,12,14-15H,4-7,11H2,1-3H3,(H,20,23)(H,21,22). The molecule has 0 atom stereocenters. The van der Waals surface area contributed by atoms with Gasteiger partial charge in [-0.2, -0.15) is 0 Å². The number of benzene rings is 1. The van der Waals surface area contributed by atoms with Crippen molar-refractivity contribution in [2.45, 2.75) is 46.5 Å². The first-order valence-corrected chi connectivity index (χ1v) is 8.63. The smallest absolute Gasteiger partial charge is 0.341 e. The van der Waals surface area contributed by atoms with E-state index in [0.717, 1.165) is 42.9 Å². The number of aliphatic carboxylic acids is 1. The summed E-state index contributed by atoms with van der Waals surface area (Å²) in [6.07, 6.45) is 4.15. The summed E-state index contributed by atoms with van der Waals surface area (Å²) in [5.74, 6) is 1.07. The Balaban J connectivity index is 1.91. The zero-order valence-corrected chi connectivity index (χ0v) is 14.7. The highest BCUT2D eigenvalue weighted by molar-refractivity contribution is 5.93. The predicted octanol–water partition coefficient (Wildman–Crippen LogP) is 3.86. The number of hydrogen-bond donors (Lipinski definition) is 2. The van der Waals surface area contributed by atoms with Crippen LogP contribution in [0.5, 0.6) is 5.75 Å². The van der Waals surface area contributed by atoms with Gasteiger partial charge >= 0.3 is 5.97 Å². The second-order valence-corrected chi connectivity index (χ2v) is 7.00. The summed E-state index contributed by atoms with van der Waals surface area (Å²) in [5, 5.41) is 11.6. The molecule has 2 rings (SSSR count). The van der Waals surface area contributed by atoms with Gasteiger partial charge in [-0.25, -0.2) is 4.79 Å². The molecule has 0 saturated heterocycles. The van der Waals surface area contributed by atoms with E-state index in [0.29, 0.717) is 11.7 Å². The number of anilines is 1. The van der Waals surface area contributed by atoms with Crippen LogP contribution in [0.4, 0.5) is 5.69 Å². The highest BCUT2D eigenvalue weighted by Gasteiger charge is 2.27. The van der Waals surface area contributed by atoms with E-state index in [1.165, 1.54) is 0 Å². The fourth-order valence-electron chi connectivity index (χ4n) is 3.29. The van der Waals surface area contributed by atoms with Gasteiger partial charge in [0.1, 0.15) is 5.75 Å². The van der Waals surface area contributed by atoms with Crippen LogP contribution >= 0.6 is 0 Å². The fourth-order valence-corrected chi connectivity index (χ4v) is 3.29. The average Bonchev–Trinajstić information content (AvgIpc) is 2.55. The van der Waals surface area contributed by atoms with Crippen molar-refractivity contribution in [2.24, 2.45) is 17.8 Å². The van der Waals surface area contributed by atoms with Gasteiger partial charge in [0.2, 0.25) is 5.91 Å². The highest BCUT2D eigenvalue weighted by atomic mass is 16.5. The lowest BCUT2D eigenvalue weighted by molar-refractivity contribution is -0.139. The van der Waals surface area contributed by atoms with Gasteiger partial charge in [0.15, 0.2) is 6.61 Å². The SMILES string of the molecule is Cc1cc(OCC(=O)O)ccc1NC(=O)C1CCC(C(C)C)CC1. The van der Waals surface area contributed by atoms with Gasteiger partial charge in [-0.3, -0.25) is 4.79 Å². The van der Waals surface area contributed by atoms with Crippen LogP contribution in [-0.4, -0.2) is 23.6 Å². The van der Waals surface area contributed by atoms with Crippen LogP contribution in [-0.2, 0) is 9.59 Å². The molecule has 0 bridgehead atoms. The summed E-state index contributed by atoms with van der Waals surface area (Å²) in [5.41, 5.74) is 1.62. The molecule has 0 aromatic heterocycles. The molecule has 1 saturated carbocycles. The summed E-state index contributed by atoms with van der Waals surface area (Å²) in [4.78, 5) is 23.0. The summed E-state index contributed by atoms with van der Waals surface area (Å²) < 4.78 is 5.15. The fraction of sp³-hybridized carbons (Fsp3) is 0.579. The Morgan fingerprint density at radius 1 is 1.25 bits per heavy atom. The van der Waals surface area contributed by atoms with Crippen molar-refractivity contribution in [3.63, 3.8) is 0 Å². The van der Waals surface area contributed by atoms with E-state index in [2.05, 4.69) is 19.2 Å². The van der Waals surface area contributed by atoms with Gasteiger partial charge in [-0.15, -0.1) is 0 Å². The molecule has 0 radical (unpaired) electrons. The molecule has 5 heteroatoms. The summed E-state index contributed by atoms with van der Waals surface area (Å²) in [6.45, 7) is 6.01. The molecule has 0 spiro atoms. The van der Waals surface area contributed by atoms with E-state index < -0.39 is 5.97 Å². The molecule has 0 unspecified atom stereocenters. The van der Waals surface area contributed by atoms with Crippen molar-refractivity contribution in [2.75, 3.05) is 11.9 Å². The number of carbonyl (C=O) groups excluding carboxylic acids is 1. The summed E-state index contributed by atoms with van der Waals surface area (Å²) >= 11 is 0. The number of ether oxygens (including phenoxy) is 1. The van der Waals surface area contributed by atoms with Gasteiger partial charge < -0.3 is 15.2 Å². The Morgan fingerprint density at radius 3 is 2.46 bits per heavy atom. The highest BCUT2D eigenvalue weighted by Crippen LogP contribution is 2.34. The van der Waals surface area contributed by atoms with E-state index in [1.54, 1.807) is 18.2 Å². The number of hydrogen-bond acceptors (Lipinski definition) is 3. The third-order valence-electron chi connectivity index (χ3n) is 4.90. The second kappa shape index (κ2) is 8.18. The van der Waals surface area contributed by atoms with Crippen LogP contribution in [0.1, 0.15) is 45.1 Å². The number of nitrogens with one attached hydrogen (secondary N) is 1. The summed E-state index contributed by atoms with van der Waals surface area (Å²) in [7, 11) is 0. The molecule has 0 aliphatic heterocycles. The number of amides is 1. The molecule has 0 heterocycles. The zero-order valence-electron chi connectivity index (χ0n) is 14.7. The van der Waals surface area contributed by atoms with Crippen LogP contribution in [0.15, 0.2) is 18.2 Å². The Labute approximate surface area is 143 Å². The first-order chi connectivity index (χ1) is 11.4. The Kier molecular flexibility index (Phi) is 6.23. The maximum atomic E-state index is 12.5. The average molecular weight is 333 g/mol. The third-order valence-corrected chi connectivity index (χ3v) is 4.90. The van der Waals surface area contributed by atoms with Crippen LogP contribution in [0.25, 0.3) is 0 Å². The normalized spacial score (nSPS) is 20.7. The van der Waals surface area contributed by atoms with Crippen molar-refractivity contribution in [1.29, 1.82) is 0 Å². The van der Waals surface area contributed by atoms with Crippen molar-refractivity contribution < 1.29 is 19.4 Å². The molecule has 1 fully saturated rings. The minimum Gasteiger partial charge on any atom is -0.482 e. The molecule has 1 amide bonds. The van der Waals surface area contributed by atoms with Crippen molar-refractivity contribution in [1.82, 2.24) is 0 Å². The lowest BCUT2D eigenvalue weighted by Crippen LogP contribution is -2.28. The monoisotopic (exact) mass is 333 g/mol. The lowest BCUT2D eigenvalue weighted by atomic mass is 9.76. The topological polar surface area (TPSA) is 75.6 Å². The predicted molar refractivity (Wildman–Crippen MR) is 93.2 cm³/mol. The Bertz CT molecular complexity index is 589. The quantitative estimate of drug-likeness (QED) is 0.829. The molecule has 1 aliphatic rings. The summed E-state index contributed by atoms with van der Waals surface area (Å²) in [6, 6.07) is 5.19. The van der Waals surface area contributed by atoms with Crippen molar-refractivity contribution in [3.05, 3.63) is 23.8 Å². The number of carboxylic acids is 1. The molecule has 5 nitrogen and oxygen atoms in total. The second-order valence-electron chi connectivity index (χ2n) is 7.00. The molecule has 1 aliphatic carbocycles. The minimum absolute atomic E-state index is 0.0829. The van der Waals surface area contributed by atoms with Gasteiger partial charge in [0, 0.05) is 11.6 Å². The maximum Gasteiger partial charge on any atom is 0.341 e. The lowest BCUT2D eigenvalue weighted by Gasteiger charge is -2.30. The molecular weight excluding hydrogens is 306 g/mol. The van der Waals surface area contributed by atoms with Crippen molar-refractivity contribution >= 4 is 17.6 Å². The van der Waals surface area contributed by atoms with E-state index in [-0.39, 0.29) is 18.4 Å². The van der Waals surface area contributed by atoms with Crippen LogP contribution < -0.4 is 10.1 Å². The molecule has 132 valence electrons. The van der Waals surface area contributed by atoms with E-state index in [9.17, 15) is 9.59 Å². The van der Waals surface area contributed by atoms with Gasteiger partial charge in [-0.1, -0.05) is 13.8 Å². The van der Waals surface area contributed by atoms with Crippen LogP contribution in [0.3, 0.4) is 0 Å². The molecular formula is C19H27NO4.